The molecule has 0 unspecified atom stereocenters. The molecule has 25 heavy (non-hydrogen) atoms. The molecule has 0 atom stereocenters. The maximum absolute atomic E-state index is 5.48. The van der Waals surface area contributed by atoms with E-state index < -0.39 is 18.4 Å². The second-order valence-corrected chi connectivity index (χ2v) is 20.6. The number of rotatable bonds is 11. The molecular weight excluding hydrogens is 415 g/mol. The number of ether oxygens (including phenoxy) is 1. The van der Waals surface area contributed by atoms with Crippen LogP contribution in [0.1, 0.15) is 59.3 Å². The average molecular weight is 453 g/mol. The van der Waals surface area contributed by atoms with Gasteiger partial charge in [-0.3, -0.25) is 0 Å². The summed E-state index contributed by atoms with van der Waals surface area (Å²) in [4.78, 5) is 7.51. The number of hydrogen-bond acceptors (Lipinski definition) is 3. The molecule has 1 aliphatic heterocycles. The van der Waals surface area contributed by atoms with Crippen LogP contribution >= 0.6 is 0 Å². The van der Waals surface area contributed by atoms with E-state index in [0.29, 0.717) is 0 Å². The fourth-order valence-corrected chi connectivity index (χ4v) is 19.4. The molecule has 1 fully saturated rings. The molecule has 4 heteroatoms. The van der Waals surface area contributed by atoms with Gasteiger partial charge >= 0.3 is 160 Å². The first-order valence-electron chi connectivity index (χ1n) is 10.5. The molecule has 1 aromatic heterocycles. The molecule has 0 N–H and O–H groups in total. The summed E-state index contributed by atoms with van der Waals surface area (Å²) in [5, 5.41) is 0. The van der Waals surface area contributed by atoms with Crippen LogP contribution in [0, 0.1) is 0 Å². The van der Waals surface area contributed by atoms with Crippen LogP contribution in [0.3, 0.4) is 0 Å². The van der Waals surface area contributed by atoms with Crippen LogP contribution in [-0.2, 0) is 4.74 Å². The number of morpholine rings is 1. The number of nitrogens with zero attached hydrogens (tertiary/aromatic N) is 2. The van der Waals surface area contributed by atoms with Gasteiger partial charge in [-0.2, -0.15) is 0 Å². The normalized spacial score (nSPS) is 15.6. The maximum atomic E-state index is 5.48. The quantitative estimate of drug-likeness (QED) is 0.443. The molecule has 1 aliphatic rings. The van der Waals surface area contributed by atoms with Crippen molar-refractivity contribution in [2.45, 2.75) is 72.6 Å². The van der Waals surface area contributed by atoms with Crippen molar-refractivity contribution in [1.82, 2.24) is 4.98 Å². The summed E-state index contributed by atoms with van der Waals surface area (Å²) in [5.41, 5.74) is 1.29. The number of hydrogen-bond donors (Lipinski definition) is 0. The monoisotopic (exact) mass is 454 g/mol. The van der Waals surface area contributed by atoms with Gasteiger partial charge in [0.15, 0.2) is 0 Å². The van der Waals surface area contributed by atoms with Crippen LogP contribution in [0.25, 0.3) is 0 Å². The van der Waals surface area contributed by atoms with E-state index >= 15 is 0 Å². The second kappa shape index (κ2) is 11.4. The predicted molar refractivity (Wildman–Crippen MR) is 112 cm³/mol. The van der Waals surface area contributed by atoms with Gasteiger partial charge in [0.25, 0.3) is 0 Å². The van der Waals surface area contributed by atoms with Crippen LogP contribution < -0.4 is 8.61 Å². The molecule has 1 aromatic rings. The summed E-state index contributed by atoms with van der Waals surface area (Å²) in [6.45, 7) is 10.7. The summed E-state index contributed by atoms with van der Waals surface area (Å²) in [7, 11) is 0. The summed E-state index contributed by atoms with van der Waals surface area (Å²) >= 11 is -2.35. The van der Waals surface area contributed by atoms with Crippen molar-refractivity contribution in [3.05, 3.63) is 18.3 Å². The van der Waals surface area contributed by atoms with Gasteiger partial charge in [0.05, 0.1) is 0 Å². The van der Waals surface area contributed by atoms with Gasteiger partial charge in [-0.25, -0.2) is 0 Å². The first kappa shape index (κ1) is 21.0. The van der Waals surface area contributed by atoms with Gasteiger partial charge in [-0.1, -0.05) is 0 Å². The van der Waals surface area contributed by atoms with Crippen molar-refractivity contribution in [3.8, 4) is 0 Å². The fourth-order valence-electron chi connectivity index (χ4n) is 4.01. The van der Waals surface area contributed by atoms with E-state index in [-0.39, 0.29) is 0 Å². The number of unbranched alkanes of at least 4 members (excludes halogenated alkanes) is 3. The number of aromatic nitrogens is 1. The first-order chi connectivity index (χ1) is 12.3. The molecule has 3 nitrogen and oxygen atoms in total. The van der Waals surface area contributed by atoms with Crippen LogP contribution in [0.2, 0.25) is 13.3 Å². The van der Waals surface area contributed by atoms with Crippen LogP contribution in [0.5, 0.6) is 0 Å². The van der Waals surface area contributed by atoms with Gasteiger partial charge < -0.3 is 0 Å². The summed E-state index contributed by atoms with van der Waals surface area (Å²) in [5.74, 6) is 0. The Morgan fingerprint density at radius 1 is 0.920 bits per heavy atom. The Labute approximate surface area is 159 Å². The van der Waals surface area contributed by atoms with Gasteiger partial charge in [0.1, 0.15) is 0 Å². The van der Waals surface area contributed by atoms with E-state index in [9.17, 15) is 0 Å². The third kappa shape index (κ3) is 6.13. The molecule has 0 aromatic carbocycles. The van der Waals surface area contributed by atoms with Gasteiger partial charge in [-0.05, 0) is 0 Å². The van der Waals surface area contributed by atoms with Crippen molar-refractivity contribution in [2.75, 3.05) is 31.2 Å². The van der Waals surface area contributed by atoms with Crippen molar-refractivity contribution in [3.63, 3.8) is 0 Å². The molecule has 0 radical (unpaired) electrons. The van der Waals surface area contributed by atoms with Gasteiger partial charge in [0, 0.05) is 0 Å². The Morgan fingerprint density at radius 2 is 1.48 bits per heavy atom. The van der Waals surface area contributed by atoms with E-state index in [1.165, 1.54) is 57.5 Å². The molecule has 0 aliphatic carbocycles. The zero-order chi connectivity index (χ0) is 18.0. The van der Waals surface area contributed by atoms with E-state index in [2.05, 4.69) is 44.0 Å². The minimum absolute atomic E-state index is 0.842. The zero-order valence-corrected chi connectivity index (χ0v) is 19.6. The Bertz CT molecular complexity index is 450. The molecule has 0 amide bonds. The Balaban J connectivity index is 2.20. The number of pyridine rings is 1. The van der Waals surface area contributed by atoms with Crippen molar-refractivity contribution < 1.29 is 4.74 Å². The topological polar surface area (TPSA) is 25.4 Å². The Hall–Kier alpha value is -0.291. The standard InChI is InChI=1S/C9H11N2O.3C4H9.Sn/c1-2-9(8-10-3-1)11-4-6-12-7-5-11;3*1-3-4-2;/h1-2,8H,4-7H2;3*1,3-4H2,2H3;. The SMILES string of the molecule is CCC[CH2][Sn]([CH2]CCC)([CH2]CCC)[c]1ccc(N2CCOCC2)cn1. The molecule has 2 rings (SSSR count). The van der Waals surface area contributed by atoms with Crippen molar-refractivity contribution in [2.24, 2.45) is 0 Å². The molecular formula is C21H38N2OSn. The molecule has 0 bridgehead atoms. The average Bonchev–Trinajstić information content (AvgIpc) is 2.68. The van der Waals surface area contributed by atoms with Crippen molar-refractivity contribution >= 4 is 27.8 Å². The summed E-state index contributed by atoms with van der Waals surface area (Å²) in [6.07, 6.45) is 10.3. The van der Waals surface area contributed by atoms with Gasteiger partial charge in [-0.15, -0.1) is 0 Å². The third-order valence-electron chi connectivity index (χ3n) is 5.69. The molecule has 2 heterocycles. The summed E-state index contributed by atoms with van der Waals surface area (Å²) < 4.78 is 11.5. The molecule has 1 saturated heterocycles. The molecule has 142 valence electrons. The van der Waals surface area contributed by atoms with E-state index in [1.54, 1.807) is 3.71 Å². The Kier molecular flexibility index (Phi) is 9.61. The number of anilines is 1. The van der Waals surface area contributed by atoms with Crippen molar-refractivity contribution in [1.29, 1.82) is 0 Å². The third-order valence-corrected chi connectivity index (χ3v) is 20.9. The fraction of sp³-hybridized carbons (Fsp3) is 0.762. The first-order valence-corrected chi connectivity index (χ1v) is 18.0. The van der Waals surface area contributed by atoms with Crippen LogP contribution in [0.4, 0.5) is 5.69 Å². The van der Waals surface area contributed by atoms with Crippen LogP contribution in [-0.4, -0.2) is 49.7 Å². The molecule has 0 saturated carbocycles. The van der Waals surface area contributed by atoms with Gasteiger partial charge in [0.2, 0.25) is 0 Å². The van der Waals surface area contributed by atoms with Crippen LogP contribution in [0.15, 0.2) is 18.3 Å². The van der Waals surface area contributed by atoms with E-state index in [4.69, 9.17) is 9.72 Å². The Morgan fingerprint density at radius 3 is 1.92 bits per heavy atom. The zero-order valence-electron chi connectivity index (χ0n) is 16.7. The van der Waals surface area contributed by atoms with E-state index in [0.717, 1.165) is 26.3 Å². The predicted octanol–water partition coefficient (Wildman–Crippen LogP) is 4.97. The molecule has 0 spiro atoms. The minimum atomic E-state index is -2.35. The summed E-state index contributed by atoms with van der Waals surface area (Å²) in [6, 6.07) is 4.77. The second-order valence-electron chi connectivity index (χ2n) is 7.59. The van der Waals surface area contributed by atoms with E-state index in [1.807, 2.05) is 0 Å².